The van der Waals surface area contributed by atoms with Crippen molar-refractivity contribution in [2.45, 2.75) is 89.2 Å². The van der Waals surface area contributed by atoms with Crippen LogP contribution >= 0.6 is 0 Å². The molecule has 6 rings (SSSR count). The van der Waals surface area contributed by atoms with Crippen LogP contribution in [0.25, 0.3) is 0 Å². The standard InChI is InChI=1S/C42H51NO5S/c1-40(2,3)49(45)43-38-21-14-22-42(38)36(33-19-12-7-13-20-33)24-34(39(44)46-4)23-35-25-41(26-37(35)42,29-47-27-31-15-8-5-9-16-31)30-48-28-32-17-10-6-11-18-32/h5-13,15-20,24,36,38,43H,14,21-23,25-30H2,1-4H3/t36-,38-,42-,49?/m0/s1. The minimum atomic E-state index is -1.26. The Morgan fingerprint density at radius 1 is 0.857 bits per heavy atom. The Morgan fingerprint density at radius 2 is 1.43 bits per heavy atom. The van der Waals surface area contributed by atoms with E-state index in [9.17, 15) is 9.00 Å². The van der Waals surface area contributed by atoms with Crippen LogP contribution in [0.15, 0.2) is 114 Å². The van der Waals surface area contributed by atoms with Gasteiger partial charge in [0.1, 0.15) is 0 Å². The van der Waals surface area contributed by atoms with Gasteiger partial charge in [-0.05, 0) is 63.1 Å². The summed E-state index contributed by atoms with van der Waals surface area (Å²) >= 11 is 0. The first-order valence-corrected chi connectivity index (χ1v) is 18.8. The van der Waals surface area contributed by atoms with E-state index in [-0.39, 0.29) is 28.8 Å². The number of carbonyl (C=O) groups excluding carboxylic acids is 1. The smallest absolute Gasteiger partial charge is 0.333 e. The molecule has 3 aliphatic rings. The first-order chi connectivity index (χ1) is 23.6. The van der Waals surface area contributed by atoms with Gasteiger partial charge in [0, 0.05) is 34.8 Å². The number of benzene rings is 3. The SMILES string of the molecule is COC(=O)C1=C[C@@H](c2ccccc2)[C@@]2(CCC[C@@H]2NS(=O)C(C)(C)C)C2=C(C1)CC(COCc1ccccc1)(COCc1ccccc1)C2. The zero-order valence-corrected chi connectivity index (χ0v) is 30.2. The summed E-state index contributed by atoms with van der Waals surface area (Å²) in [5.74, 6) is -0.387. The summed E-state index contributed by atoms with van der Waals surface area (Å²) < 4.78 is 35.6. The average Bonchev–Trinajstić information content (AvgIpc) is 3.65. The summed E-state index contributed by atoms with van der Waals surface area (Å²) in [6, 6.07) is 31.1. The normalized spacial score (nSPS) is 24.0. The molecular weight excluding hydrogens is 631 g/mol. The number of allylic oxidation sites excluding steroid dienone is 2. The number of hydrogen-bond acceptors (Lipinski definition) is 5. The average molecular weight is 682 g/mol. The topological polar surface area (TPSA) is 73.9 Å². The van der Waals surface area contributed by atoms with Gasteiger partial charge >= 0.3 is 5.97 Å². The number of carbonyl (C=O) groups is 1. The molecule has 0 aromatic heterocycles. The van der Waals surface area contributed by atoms with Crippen LogP contribution in [0.4, 0.5) is 0 Å². The lowest BCUT2D eigenvalue weighted by molar-refractivity contribution is -0.136. The molecule has 4 atom stereocenters. The molecule has 1 unspecified atom stereocenters. The van der Waals surface area contributed by atoms with Crippen LogP contribution in [-0.4, -0.2) is 41.3 Å². The molecule has 3 aliphatic carbocycles. The van der Waals surface area contributed by atoms with Gasteiger partial charge in [0.25, 0.3) is 0 Å². The second-order valence-corrected chi connectivity index (χ2v) is 17.1. The lowest BCUT2D eigenvalue weighted by Crippen LogP contribution is -2.50. The number of fused-ring (bicyclic) bond motifs is 1. The van der Waals surface area contributed by atoms with Crippen LogP contribution in [0, 0.1) is 10.8 Å². The Hall–Kier alpha value is -3.36. The molecule has 3 aromatic carbocycles. The van der Waals surface area contributed by atoms with Crippen molar-refractivity contribution >= 4 is 17.0 Å². The highest BCUT2D eigenvalue weighted by atomic mass is 32.2. The lowest BCUT2D eigenvalue weighted by Gasteiger charge is -2.45. The number of hydrogen-bond donors (Lipinski definition) is 1. The van der Waals surface area contributed by atoms with E-state index >= 15 is 0 Å². The number of rotatable bonds is 12. The van der Waals surface area contributed by atoms with E-state index in [1.54, 1.807) is 0 Å². The minimum Gasteiger partial charge on any atom is -0.466 e. The molecule has 0 saturated heterocycles. The highest BCUT2D eigenvalue weighted by Gasteiger charge is 2.57. The first-order valence-electron chi connectivity index (χ1n) is 17.6. The third-order valence-electron chi connectivity index (χ3n) is 10.6. The molecule has 260 valence electrons. The van der Waals surface area contributed by atoms with E-state index in [0.29, 0.717) is 38.4 Å². The van der Waals surface area contributed by atoms with Gasteiger partial charge in [-0.1, -0.05) is 115 Å². The predicted octanol–water partition coefficient (Wildman–Crippen LogP) is 8.37. The van der Waals surface area contributed by atoms with Crippen LogP contribution in [0.3, 0.4) is 0 Å². The maximum atomic E-state index is 13.8. The Bertz CT molecular complexity index is 1620. The Labute approximate surface area is 294 Å². The monoisotopic (exact) mass is 681 g/mol. The molecule has 1 saturated carbocycles. The molecule has 0 radical (unpaired) electrons. The van der Waals surface area contributed by atoms with Crippen LogP contribution in [0.5, 0.6) is 0 Å². The van der Waals surface area contributed by atoms with Gasteiger partial charge in [-0.25, -0.2) is 13.7 Å². The molecule has 0 aliphatic heterocycles. The van der Waals surface area contributed by atoms with Crippen molar-refractivity contribution in [3.63, 3.8) is 0 Å². The second kappa shape index (κ2) is 15.3. The number of ether oxygens (including phenoxy) is 3. The van der Waals surface area contributed by atoms with Crippen molar-refractivity contribution < 1.29 is 23.2 Å². The number of methoxy groups -OCH3 is 1. The zero-order chi connectivity index (χ0) is 34.5. The maximum Gasteiger partial charge on any atom is 0.333 e. The number of nitrogens with one attached hydrogen (secondary N) is 1. The van der Waals surface area contributed by atoms with Gasteiger partial charge in [-0.2, -0.15) is 0 Å². The summed E-state index contributed by atoms with van der Waals surface area (Å²) in [5.41, 5.74) is 6.07. The van der Waals surface area contributed by atoms with Crippen LogP contribution in [0.2, 0.25) is 0 Å². The van der Waals surface area contributed by atoms with Crippen LogP contribution in [0.1, 0.15) is 81.9 Å². The third kappa shape index (κ3) is 7.86. The lowest BCUT2D eigenvalue weighted by atomic mass is 9.62. The largest absolute Gasteiger partial charge is 0.466 e. The van der Waals surface area contributed by atoms with Crippen molar-refractivity contribution in [1.29, 1.82) is 0 Å². The molecular formula is C42H51NO5S. The van der Waals surface area contributed by atoms with E-state index in [4.69, 9.17) is 14.2 Å². The van der Waals surface area contributed by atoms with Crippen molar-refractivity contribution in [2.24, 2.45) is 10.8 Å². The minimum absolute atomic E-state index is 0.0396. The van der Waals surface area contributed by atoms with Crippen molar-refractivity contribution in [3.05, 3.63) is 130 Å². The fourth-order valence-corrected chi connectivity index (χ4v) is 9.28. The molecule has 7 heteroatoms. The Balaban J connectivity index is 1.42. The summed E-state index contributed by atoms with van der Waals surface area (Å²) in [7, 11) is 0.205. The molecule has 1 fully saturated rings. The van der Waals surface area contributed by atoms with Crippen LogP contribution in [-0.2, 0) is 43.2 Å². The Morgan fingerprint density at radius 3 is 1.98 bits per heavy atom. The molecule has 0 heterocycles. The fourth-order valence-electron chi connectivity index (χ4n) is 8.34. The van der Waals surface area contributed by atoms with E-state index in [2.05, 4.69) is 59.3 Å². The van der Waals surface area contributed by atoms with Crippen molar-refractivity contribution in [1.82, 2.24) is 4.72 Å². The van der Waals surface area contributed by atoms with Crippen molar-refractivity contribution in [3.8, 4) is 0 Å². The van der Waals surface area contributed by atoms with E-state index in [0.717, 1.165) is 48.8 Å². The van der Waals surface area contributed by atoms with E-state index in [1.807, 2.05) is 63.2 Å². The molecule has 1 N–H and O–H groups in total. The zero-order valence-electron chi connectivity index (χ0n) is 29.4. The summed E-state index contributed by atoms with van der Waals surface area (Å²) in [4.78, 5) is 13.5. The molecule has 0 bridgehead atoms. The van der Waals surface area contributed by atoms with E-state index < -0.39 is 15.7 Å². The number of esters is 1. The molecule has 0 amide bonds. The third-order valence-corrected chi connectivity index (χ3v) is 12.2. The quantitative estimate of drug-likeness (QED) is 0.154. The fraction of sp³-hybridized carbons (Fsp3) is 0.452. The molecule has 1 spiro atoms. The maximum absolute atomic E-state index is 13.8. The molecule has 3 aromatic rings. The highest BCUT2D eigenvalue weighted by molar-refractivity contribution is 7.84. The Kier molecular flexibility index (Phi) is 11.0. The van der Waals surface area contributed by atoms with Crippen molar-refractivity contribution in [2.75, 3.05) is 20.3 Å². The van der Waals surface area contributed by atoms with Gasteiger partial charge in [-0.15, -0.1) is 0 Å². The molecule has 6 nitrogen and oxygen atoms in total. The van der Waals surface area contributed by atoms with Gasteiger partial charge in [0.15, 0.2) is 0 Å². The highest BCUT2D eigenvalue weighted by Crippen LogP contribution is 2.63. The van der Waals surface area contributed by atoms with E-state index in [1.165, 1.54) is 18.3 Å². The van der Waals surface area contributed by atoms with Gasteiger partial charge < -0.3 is 14.2 Å². The summed E-state index contributed by atoms with van der Waals surface area (Å²) in [6.07, 6.45) is 7.10. The second-order valence-electron chi connectivity index (χ2n) is 15.1. The van der Waals surface area contributed by atoms with Gasteiger partial charge in [0.2, 0.25) is 0 Å². The molecule has 49 heavy (non-hydrogen) atoms. The van der Waals surface area contributed by atoms with Gasteiger partial charge in [0.05, 0.1) is 49.3 Å². The summed E-state index contributed by atoms with van der Waals surface area (Å²) in [5, 5.41) is 0. The predicted molar refractivity (Wildman–Crippen MR) is 196 cm³/mol. The van der Waals surface area contributed by atoms with Crippen LogP contribution < -0.4 is 4.72 Å². The van der Waals surface area contributed by atoms with Gasteiger partial charge in [-0.3, -0.25) is 0 Å². The summed E-state index contributed by atoms with van der Waals surface area (Å²) in [6.45, 7) is 8.16. The first kappa shape index (κ1) is 35.5.